The van der Waals surface area contributed by atoms with E-state index < -0.39 is 17.3 Å². The van der Waals surface area contributed by atoms with Crippen LogP contribution >= 0.6 is 11.6 Å². The smallest absolute Gasteiger partial charge is 0.258 e. The largest absolute Gasteiger partial charge is 0.491 e. The summed E-state index contributed by atoms with van der Waals surface area (Å²) < 4.78 is 20.3. The van der Waals surface area contributed by atoms with Crippen LogP contribution in [0.3, 0.4) is 0 Å². The number of aryl methyl sites for hydroxylation is 1. The summed E-state index contributed by atoms with van der Waals surface area (Å²) in [5, 5.41) is 17.9. The van der Waals surface area contributed by atoms with Gasteiger partial charge in [0.25, 0.3) is 5.91 Å². The number of carbonyl (C=O) groups excluding carboxylic acids is 1. The molecule has 0 aliphatic carbocycles. The van der Waals surface area contributed by atoms with Crippen LogP contribution in [0, 0.1) is 12.7 Å². The molecule has 0 unspecified atom stereocenters. The van der Waals surface area contributed by atoms with Gasteiger partial charge in [0.2, 0.25) is 0 Å². The fraction of sp³-hybridized carbons (Fsp3) is 0.172. The normalized spacial score (nSPS) is 11.6. The molecule has 40 heavy (non-hydrogen) atoms. The number of hydrogen-bond acceptors (Lipinski definition) is 8. The maximum absolute atomic E-state index is 14.6. The van der Waals surface area contributed by atoms with E-state index in [1.165, 1.54) is 12.4 Å². The number of rotatable bonds is 7. The van der Waals surface area contributed by atoms with Gasteiger partial charge in [0.15, 0.2) is 5.82 Å². The van der Waals surface area contributed by atoms with Crippen LogP contribution in [0.5, 0.6) is 5.75 Å². The number of amides is 1. The number of carbonyl (C=O) groups is 1. The second-order valence-electron chi connectivity index (χ2n) is 9.92. The number of anilines is 4. The number of nitrogens with zero attached hydrogens (tertiary/aromatic N) is 3. The van der Waals surface area contributed by atoms with Gasteiger partial charge in [0, 0.05) is 22.4 Å². The maximum atomic E-state index is 14.6. The number of pyridine rings is 1. The summed E-state index contributed by atoms with van der Waals surface area (Å²) in [7, 11) is 0. The molecule has 0 fully saturated rings. The summed E-state index contributed by atoms with van der Waals surface area (Å²) in [5.74, 6) is -0.149. The molecule has 2 aromatic heterocycles. The minimum absolute atomic E-state index is 0.00834. The number of benzene rings is 3. The molecule has 1 amide bonds. The van der Waals surface area contributed by atoms with Crippen LogP contribution in [0.1, 0.15) is 29.8 Å². The van der Waals surface area contributed by atoms with E-state index in [1.807, 2.05) is 19.1 Å². The first-order valence-electron chi connectivity index (χ1n) is 12.3. The van der Waals surface area contributed by atoms with Gasteiger partial charge in [-0.05, 0) is 56.7 Å². The standard InChI is InChI=1S/C29H26ClFN6O3/c1-15-7-8-18-17(9-10-33-27(18)36-22-6-4-5-21(30)23(22)31)24(15)37-28(38)20-12-16(40-13-29(2,3)39)11-19-25(20)34-14-35-26(19)32/h4-12,14,39H,13H2,1-3H3,(H,33,36)(H,37,38)(H2,32,34,35). The van der Waals surface area contributed by atoms with Gasteiger partial charge in [0.05, 0.1) is 33.1 Å². The molecular formula is C29H26ClFN6O3. The molecule has 0 aliphatic heterocycles. The molecule has 204 valence electrons. The molecule has 0 radical (unpaired) electrons. The SMILES string of the molecule is Cc1ccc2c(Nc3cccc(Cl)c3F)nccc2c1NC(=O)c1cc(OCC(C)(C)O)cc2c(N)ncnc12. The van der Waals surface area contributed by atoms with E-state index in [9.17, 15) is 14.3 Å². The predicted octanol–water partition coefficient (Wildman–Crippen LogP) is 6.01. The molecular weight excluding hydrogens is 535 g/mol. The molecule has 0 aliphatic rings. The Labute approximate surface area is 234 Å². The van der Waals surface area contributed by atoms with E-state index in [2.05, 4.69) is 25.6 Å². The quantitative estimate of drug-likeness (QED) is 0.190. The van der Waals surface area contributed by atoms with Gasteiger partial charge in [0.1, 0.15) is 30.3 Å². The third-order valence-electron chi connectivity index (χ3n) is 6.18. The molecule has 0 bridgehead atoms. The van der Waals surface area contributed by atoms with E-state index in [1.54, 1.807) is 50.4 Å². The fourth-order valence-electron chi connectivity index (χ4n) is 4.22. The van der Waals surface area contributed by atoms with Crippen molar-refractivity contribution in [3.63, 3.8) is 0 Å². The molecule has 11 heteroatoms. The third kappa shape index (κ3) is 5.45. The highest BCUT2D eigenvalue weighted by Crippen LogP contribution is 2.34. The van der Waals surface area contributed by atoms with Gasteiger partial charge in [-0.25, -0.2) is 19.3 Å². The van der Waals surface area contributed by atoms with Gasteiger partial charge in [-0.2, -0.15) is 0 Å². The molecule has 0 saturated heterocycles. The van der Waals surface area contributed by atoms with Gasteiger partial charge >= 0.3 is 0 Å². The lowest BCUT2D eigenvalue weighted by Gasteiger charge is -2.19. The zero-order valence-electron chi connectivity index (χ0n) is 21.9. The van der Waals surface area contributed by atoms with Gasteiger partial charge in [-0.1, -0.05) is 29.8 Å². The molecule has 5 rings (SSSR count). The lowest BCUT2D eigenvalue weighted by molar-refractivity contribution is 0.0285. The van der Waals surface area contributed by atoms with Crippen molar-refractivity contribution in [2.75, 3.05) is 23.0 Å². The molecule has 5 N–H and O–H groups in total. The summed E-state index contributed by atoms with van der Waals surface area (Å²) in [6.07, 6.45) is 2.85. The number of nitrogen functional groups attached to an aromatic ring is 1. The van der Waals surface area contributed by atoms with E-state index in [0.29, 0.717) is 38.9 Å². The summed E-state index contributed by atoms with van der Waals surface area (Å²) in [6.45, 7) is 5.08. The van der Waals surface area contributed by atoms with Crippen molar-refractivity contribution in [2.24, 2.45) is 0 Å². The fourth-order valence-corrected chi connectivity index (χ4v) is 4.39. The lowest BCUT2D eigenvalue weighted by atomic mass is 10.0. The number of aliphatic hydroxyl groups is 1. The van der Waals surface area contributed by atoms with Crippen LogP contribution < -0.4 is 21.1 Å². The molecule has 0 spiro atoms. The topological polar surface area (TPSA) is 135 Å². The van der Waals surface area contributed by atoms with Crippen molar-refractivity contribution < 1.29 is 19.0 Å². The van der Waals surface area contributed by atoms with E-state index >= 15 is 0 Å². The van der Waals surface area contributed by atoms with E-state index in [0.717, 1.165) is 5.56 Å². The number of hydrogen-bond donors (Lipinski definition) is 4. The minimum atomic E-state index is -1.09. The Morgan fingerprint density at radius 1 is 1.10 bits per heavy atom. The maximum Gasteiger partial charge on any atom is 0.258 e. The van der Waals surface area contributed by atoms with Crippen molar-refractivity contribution >= 4 is 62.2 Å². The first-order valence-corrected chi connectivity index (χ1v) is 12.7. The van der Waals surface area contributed by atoms with Crippen LogP contribution in [-0.2, 0) is 0 Å². The van der Waals surface area contributed by atoms with Gasteiger partial charge in [-0.15, -0.1) is 0 Å². The molecule has 3 aromatic carbocycles. The molecule has 5 aromatic rings. The molecule has 9 nitrogen and oxygen atoms in total. The Bertz CT molecular complexity index is 1770. The van der Waals surface area contributed by atoms with E-state index in [-0.39, 0.29) is 28.7 Å². The Morgan fingerprint density at radius 3 is 2.67 bits per heavy atom. The van der Waals surface area contributed by atoms with Crippen LogP contribution in [0.4, 0.5) is 27.4 Å². The van der Waals surface area contributed by atoms with Crippen molar-refractivity contribution in [3.05, 3.63) is 83.0 Å². The molecule has 0 saturated carbocycles. The van der Waals surface area contributed by atoms with Gasteiger partial charge < -0.3 is 26.2 Å². The molecule has 2 heterocycles. The number of fused-ring (bicyclic) bond motifs is 2. The highest BCUT2D eigenvalue weighted by molar-refractivity contribution is 6.31. The van der Waals surface area contributed by atoms with Crippen LogP contribution in [0.25, 0.3) is 21.7 Å². The second-order valence-corrected chi connectivity index (χ2v) is 10.3. The van der Waals surface area contributed by atoms with Crippen LogP contribution in [0.15, 0.2) is 61.1 Å². The third-order valence-corrected chi connectivity index (χ3v) is 6.47. The first-order chi connectivity index (χ1) is 19.0. The van der Waals surface area contributed by atoms with Crippen LogP contribution in [0.2, 0.25) is 5.02 Å². The van der Waals surface area contributed by atoms with Crippen molar-refractivity contribution in [2.45, 2.75) is 26.4 Å². The predicted molar refractivity (Wildman–Crippen MR) is 155 cm³/mol. The van der Waals surface area contributed by atoms with E-state index in [4.69, 9.17) is 22.1 Å². The van der Waals surface area contributed by atoms with Gasteiger partial charge in [-0.3, -0.25) is 4.79 Å². The summed E-state index contributed by atoms with van der Waals surface area (Å²) in [4.78, 5) is 26.4. The average Bonchev–Trinajstić information content (AvgIpc) is 2.91. The summed E-state index contributed by atoms with van der Waals surface area (Å²) in [6, 6.07) is 13.3. The Hall–Kier alpha value is -4.54. The zero-order valence-corrected chi connectivity index (χ0v) is 22.7. The Kier molecular flexibility index (Phi) is 7.14. The Morgan fingerprint density at radius 2 is 1.90 bits per heavy atom. The van der Waals surface area contributed by atoms with Crippen LogP contribution in [-0.4, -0.2) is 38.2 Å². The number of nitrogens with one attached hydrogen (secondary N) is 2. The number of nitrogens with two attached hydrogens (primary N) is 1. The number of aromatic nitrogens is 3. The number of ether oxygens (including phenoxy) is 1. The summed E-state index contributed by atoms with van der Waals surface area (Å²) in [5.41, 5.74) is 7.06. The minimum Gasteiger partial charge on any atom is -0.491 e. The monoisotopic (exact) mass is 560 g/mol. The van der Waals surface area contributed by atoms with Crippen molar-refractivity contribution in [3.8, 4) is 5.75 Å². The van der Waals surface area contributed by atoms with Crippen molar-refractivity contribution in [1.29, 1.82) is 0 Å². The highest BCUT2D eigenvalue weighted by atomic mass is 35.5. The first kappa shape index (κ1) is 27.0. The molecule has 0 atom stereocenters. The lowest BCUT2D eigenvalue weighted by Crippen LogP contribution is -2.28. The summed E-state index contributed by atoms with van der Waals surface area (Å²) >= 11 is 5.94. The second kappa shape index (κ2) is 10.6. The number of halogens is 2. The highest BCUT2D eigenvalue weighted by Gasteiger charge is 2.20. The zero-order chi connectivity index (χ0) is 28.6. The average molecular weight is 561 g/mol. The Balaban J connectivity index is 1.55. The van der Waals surface area contributed by atoms with Crippen molar-refractivity contribution in [1.82, 2.24) is 15.0 Å².